The van der Waals surface area contributed by atoms with Crippen LogP contribution in [0.5, 0.6) is 0 Å². The van der Waals surface area contributed by atoms with Crippen molar-refractivity contribution in [1.82, 2.24) is 0 Å². The number of carbonyl (C=O) groups excluding carboxylic acids is 1. The summed E-state index contributed by atoms with van der Waals surface area (Å²) in [4.78, 5) is 11.5. The van der Waals surface area contributed by atoms with Crippen molar-refractivity contribution in [3.8, 4) is 0 Å². The molecule has 1 fully saturated rings. The Morgan fingerprint density at radius 1 is 1.33 bits per heavy atom. The molecule has 1 aromatic rings. The minimum absolute atomic E-state index is 0.0310. The van der Waals surface area contributed by atoms with Crippen molar-refractivity contribution < 1.29 is 19.0 Å². The molecule has 2 N–H and O–H groups in total. The van der Waals surface area contributed by atoms with Crippen LogP contribution in [0.4, 0.5) is 14.9 Å². The Morgan fingerprint density at radius 3 is 2.72 bits per heavy atom. The molecule has 0 aromatic heterocycles. The normalized spacial score (nSPS) is 27.6. The minimum atomic E-state index is -1.30. The number of ether oxygens (including phenoxy) is 1. The molecule has 1 aliphatic rings. The number of rotatable bonds is 2. The number of benzene rings is 1. The fraction of sp³-hybridized carbons (Fsp3) is 0.462. The first-order chi connectivity index (χ1) is 8.65. The predicted octanol–water partition coefficient (Wildman–Crippen LogP) is 2.49. The van der Waals surface area contributed by atoms with Crippen molar-refractivity contribution in [2.75, 3.05) is 5.32 Å². The molecule has 5 heteroatoms. The highest BCUT2D eigenvalue weighted by atomic mass is 19.1. The number of nitrogens with one attached hydrogen (secondary N) is 1. The van der Waals surface area contributed by atoms with Gasteiger partial charge in [-0.25, -0.2) is 9.18 Å². The van der Waals surface area contributed by atoms with E-state index in [-0.39, 0.29) is 6.42 Å². The molecule has 1 amide bonds. The van der Waals surface area contributed by atoms with E-state index in [2.05, 4.69) is 5.32 Å². The number of amides is 1. The SMILES string of the molecule is O=C(Nc1ccccc1)O[C@H]1CC[C@H](O)C[C@@H]1F. The van der Waals surface area contributed by atoms with Crippen molar-refractivity contribution >= 4 is 11.8 Å². The maximum Gasteiger partial charge on any atom is 0.411 e. The summed E-state index contributed by atoms with van der Waals surface area (Å²) in [5, 5.41) is 11.8. The Bertz CT molecular complexity index is 398. The molecule has 98 valence electrons. The summed E-state index contributed by atoms with van der Waals surface area (Å²) >= 11 is 0. The number of para-hydroxylation sites is 1. The lowest BCUT2D eigenvalue weighted by atomic mass is 9.93. The van der Waals surface area contributed by atoms with E-state index in [1.54, 1.807) is 24.3 Å². The molecule has 0 unspecified atom stereocenters. The van der Waals surface area contributed by atoms with E-state index >= 15 is 0 Å². The van der Waals surface area contributed by atoms with E-state index in [1.807, 2.05) is 6.07 Å². The van der Waals surface area contributed by atoms with Crippen molar-refractivity contribution in [2.45, 2.75) is 37.6 Å². The molecule has 0 bridgehead atoms. The second-order valence-electron chi connectivity index (χ2n) is 4.42. The van der Waals surface area contributed by atoms with Gasteiger partial charge in [0.15, 0.2) is 0 Å². The van der Waals surface area contributed by atoms with Crippen LogP contribution >= 0.6 is 0 Å². The molecule has 1 aliphatic carbocycles. The molecular weight excluding hydrogens is 237 g/mol. The lowest BCUT2D eigenvalue weighted by molar-refractivity contribution is -0.0162. The molecule has 0 saturated heterocycles. The second-order valence-corrected chi connectivity index (χ2v) is 4.42. The van der Waals surface area contributed by atoms with Gasteiger partial charge in [0, 0.05) is 12.1 Å². The molecule has 0 spiro atoms. The summed E-state index contributed by atoms with van der Waals surface area (Å²) in [5.41, 5.74) is 0.605. The first-order valence-electron chi connectivity index (χ1n) is 6.00. The number of aliphatic hydroxyl groups is 1. The highest BCUT2D eigenvalue weighted by Crippen LogP contribution is 2.24. The minimum Gasteiger partial charge on any atom is -0.443 e. The van der Waals surface area contributed by atoms with Gasteiger partial charge in [-0.15, -0.1) is 0 Å². The average Bonchev–Trinajstić information content (AvgIpc) is 2.34. The summed E-state index contributed by atoms with van der Waals surface area (Å²) in [6, 6.07) is 8.84. The molecule has 4 nitrogen and oxygen atoms in total. The van der Waals surface area contributed by atoms with Gasteiger partial charge in [-0.2, -0.15) is 0 Å². The Labute approximate surface area is 105 Å². The van der Waals surface area contributed by atoms with Crippen LogP contribution < -0.4 is 5.32 Å². The molecule has 18 heavy (non-hydrogen) atoms. The zero-order valence-corrected chi connectivity index (χ0v) is 9.88. The first kappa shape index (κ1) is 12.8. The molecule has 1 aromatic carbocycles. The quantitative estimate of drug-likeness (QED) is 0.851. The van der Waals surface area contributed by atoms with Gasteiger partial charge in [0.05, 0.1) is 6.10 Å². The number of hydrogen-bond acceptors (Lipinski definition) is 3. The fourth-order valence-electron chi connectivity index (χ4n) is 2.01. The van der Waals surface area contributed by atoms with Gasteiger partial charge < -0.3 is 9.84 Å². The van der Waals surface area contributed by atoms with Crippen LogP contribution in [0.15, 0.2) is 30.3 Å². The Balaban J connectivity index is 1.84. The van der Waals surface area contributed by atoms with E-state index < -0.39 is 24.5 Å². The topological polar surface area (TPSA) is 58.6 Å². The van der Waals surface area contributed by atoms with Gasteiger partial charge in [-0.1, -0.05) is 18.2 Å². The van der Waals surface area contributed by atoms with E-state index in [0.29, 0.717) is 18.5 Å². The van der Waals surface area contributed by atoms with Crippen LogP contribution in [0, 0.1) is 0 Å². The lowest BCUT2D eigenvalue weighted by Gasteiger charge is -2.28. The number of anilines is 1. The number of hydrogen-bond donors (Lipinski definition) is 2. The Hall–Kier alpha value is -1.62. The van der Waals surface area contributed by atoms with Gasteiger partial charge in [0.1, 0.15) is 12.3 Å². The molecule has 0 radical (unpaired) electrons. The van der Waals surface area contributed by atoms with Crippen LogP contribution in [0.1, 0.15) is 19.3 Å². The maximum absolute atomic E-state index is 13.5. The fourth-order valence-corrected chi connectivity index (χ4v) is 2.01. The third kappa shape index (κ3) is 3.43. The zero-order valence-electron chi connectivity index (χ0n) is 9.88. The third-order valence-electron chi connectivity index (χ3n) is 2.96. The number of alkyl halides is 1. The van der Waals surface area contributed by atoms with E-state index in [9.17, 15) is 14.3 Å². The van der Waals surface area contributed by atoms with Gasteiger partial charge in [-0.05, 0) is 25.0 Å². The lowest BCUT2D eigenvalue weighted by Crippen LogP contribution is -2.37. The van der Waals surface area contributed by atoms with Gasteiger partial charge in [-0.3, -0.25) is 5.32 Å². The van der Waals surface area contributed by atoms with E-state index in [4.69, 9.17) is 4.74 Å². The number of aliphatic hydroxyl groups excluding tert-OH is 1. The van der Waals surface area contributed by atoms with E-state index in [1.165, 1.54) is 0 Å². The summed E-state index contributed by atoms with van der Waals surface area (Å²) < 4.78 is 18.6. The largest absolute Gasteiger partial charge is 0.443 e. The average molecular weight is 253 g/mol. The van der Waals surface area contributed by atoms with Crippen molar-refractivity contribution in [3.63, 3.8) is 0 Å². The van der Waals surface area contributed by atoms with E-state index in [0.717, 1.165) is 0 Å². The molecule has 3 atom stereocenters. The first-order valence-corrected chi connectivity index (χ1v) is 6.00. The van der Waals surface area contributed by atoms with Crippen LogP contribution in [-0.2, 0) is 4.74 Å². The highest BCUT2D eigenvalue weighted by molar-refractivity contribution is 5.84. The van der Waals surface area contributed by atoms with Gasteiger partial charge in [0.2, 0.25) is 0 Å². The van der Waals surface area contributed by atoms with Gasteiger partial charge in [0.25, 0.3) is 0 Å². The van der Waals surface area contributed by atoms with Crippen LogP contribution in [0.25, 0.3) is 0 Å². The number of halogens is 1. The monoisotopic (exact) mass is 253 g/mol. The standard InChI is InChI=1S/C13H16FNO3/c14-11-8-10(16)6-7-12(11)18-13(17)15-9-4-2-1-3-5-9/h1-5,10-12,16H,6-8H2,(H,15,17)/t10-,11-,12-/m0/s1. The van der Waals surface area contributed by atoms with Crippen molar-refractivity contribution in [1.29, 1.82) is 0 Å². The molecule has 2 rings (SSSR count). The second kappa shape index (κ2) is 5.82. The smallest absolute Gasteiger partial charge is 0.411 e. The summed E-state index contributed by atoms with van der Waals surface area (Å²) in [5.74, 6) is 0. The summed E-state index contributed by atoms with van der Waals surface area (Å²) in [6.07, 6.45) is -2.51. The molecule has 0 aliphatic heterocycles. The molecular formula is C13H16FNO3. The predicted molar refractivity (Wildman–Crippen MR) is 65.1 cm³/mol. The molecule has 0 heterocycles. The van der Waals surface area contributed by atoms with Crippen molar-refractivity contribution in [2.24, 2.45) is 0 Å². The number of carbonyl (C=O) groups is 1. The maximum atomic E-state index is 13.5. The van der Waals surface area contributed by atoms with Crippen molar-refractivity contribution in [3.05, 3.63) is 30.3 Å². The van der Waals surface area contributed by atoms with Crippen LogP contribution in [0.2, 0.25) is 0 Å². The van der Waals surface area contributed by atoms with Crippen LogP contribution in [-0.4, -0.2) is 29.6 Å². The molecule has 1 saturated carbocycles. The third-order valence-corrected chi connectivity index (χ3v) is 2.96. The summed E-state index contributed by atoms with van der Waals surface area (Å²) in [7, 11) is 0. The highest BCUT2D eigenvalue weighted by Gasteiger charge is 2.32. The zero-order chi connectivity index (χ0) is 13.0. The van der Waals surface area contributed by atoms with Gasteiger partial charge >= 0.3 is 6.09 Å². The summed E-state index contributed by atoms with van der Waals surface area (Å²) in [6.45, 7) is 0. The Kier molecular flexibility index (Phi) is 4.15. The van der Waals surface area contributed by atoms with Crippen LogP contribution in [0.3, 0.4) is 0 Å². The Morgan fingerprint density at radius 2 is 2.06 bits per heavy atom.